The zero-order valence-electron chi connectivity index (χ0n) is 17.5. The van der Waals surface area contributed by atoms with Crippen LogP contribution in [0, 0.1) is 5.82 Å². The van der Waals surface area contributed by atoms with Crippen molar-refractivity contribution in [2.24, 2.45) is 0 Å². The molecule has 1 aromatic heterocycles. The number of nitrogens with zero attached hydrogens (tertiary/aromatic N) is 4. The highest BCUT2D eigenvalue weighted by molar-refractivity contribution is 6.31. The van der Waals surface area contributed by atoms with Gasteiger partial charge < -0.3 is 15.5 Å². The molecular formula is C20H22ClFN6O4. The summed E-state index contributed by atoms with van der Waals surface area (Å²) in [5, 5.41) is 11.0. The number of aromatic nitrogens is 2. The maximum absolute atomic E-state index is 13.4. The number of hydroxylamine groups is 2. The van der Waals surface area contributed by atoms with E-state index in [0.29, 0.717) is 29.9 Å². The average molecular weight is 465 g/mol. The number of anilines is 1. The summed E-state index contributed by atoms with van der Waals surface area (Å²) in [7, 11) is 1.50. The summed E-state index contributed by atoms with van der Waals surface area (Å²) >= 11 is 5.78. The van der Waals surface area contributed by atoms with Crippen molar-refractivity contribution in [3.63, 3.8) is 0 Å². The number of rotatable bonds is 3. The molecule has 2 aliphatic rings. The van der Waals surface area contributed by atoms with E-state index in [2.05, 4.69) is 15.7 Å². The highest BCUT2D eigenvalue weighted by Gasteiger charge is 2.35. The average Bonchev–Trinajstić information content (AvgIpc) is 3.05. The smallest absolute Gasteiger partial charge is 0.322 e. The second-order valence-corrected chi connectivity index (χ2v) is 8.06. The number of urea groups is 1. The lowest BCUT2D eigenvalue weighted by molar-refractivity contribution is -0.148. The lowest BCUT2D eigenvalue weighted by Crippen LogP contribution is -2.40. The summed E-state index contributed by atoms with van der Waals surface area (Å²) < 4.78 is 15.0. The zero-order valence-corrected chi connectivity index (χ0v) is 18.3. The highest BCUT2D eigenvalue weighted by atomic mass is 35.5. The minimum atomic E-state index is -0.573. The number of hydrogen-bond acceptors (Lipinski definition) is 5. The molecule has 3 heterocycles. The molecule has 10 nitrogen and oxygen atoms in total. The fourth-order valence-corrected chi connectivity index (χ4v) is 3.93. The molecule has 1 atom stereocenters. The summed E-state index contributed by atoms with van der Waals surface area (Å²) in [4.78, 5) is 44.2. The Hall–Kier alpha value is -3.18. The second kappa shape index (κ2) is 8.75. The zero-order chi connectivity index (χ0) is 23.0. The molecule has 0 saturated heterocycles. The van der Waals surface area contributed by atoms with Gasteiger partial charge in [-0.05, 0) is 18.2 Å². The van der Waals surface area contributed by atoms with Crippen LogP contribution in [-0.2, 0) is 29.1 Å². The first-order chi connectivity index (χ1) is 15.2. The van der Waals surface area contributed by atoms with E-state index in [9.17, 15) is 18.8 Å². The van der Waals surface area contributed by atoms with E-state index in [1.807, 2.05) is 0 Å². The van der Waals surface area contributed by atoms with Crippen LogP contribution in [0.25, 0.3) is 0 Å². The van der Waals surface area contributed by atoms with Gasteiger partial charge >= 0.3 is 6.03 Å². The van der Waals surface area contributed by atoms with Crippen LogP contribution in [0.15, 0.2) is 18.2 Å². The van der Waals surface area contributed by atoms with Crippen LogP contribution >= 0.6 is 11.6 Å². The third-order valence-electron chi connectivity index (χ3n) is 5.31. The topological polar surface area (TPSA) is 109 Å². The molecule has 170 valence electrons. The van der Waals surface area contributed by atoms with Crippen molar-refractivity contribution >= 4 is 35.1 Å². The van der Waals surface area contributed by atoms with Crippen LogP contribution < -0.4 is 10.6 Å². The predicted octanol–water partition coefficient (Wildman–Crippen LogP) is 1.79. The Labute approximate surface area is 188 Å². The van der Waals surface area contributed by atoms with Gasteiger partial charge in [0.05, 0.1) is 23.8 Å². The molecular weight excluding hydrogens is 443 g/mol. The fraction of sp³-hybridized carbons (Fsp3) is 0.400. The first kappa shape index (κ1) is 22.0. The molecule has 0 aliphatic carbocycles. The maximum Gasteiger partial charge on any atom is 0.322 e. The van der Waals surface area contributed by atoms with Crippen LogP contribution in [0.2, 0.25) is 5.02 Å². The first-order valence-electron chi connectivity index (χ1n) is 10.0. The number of nitrogens with one attached hydrogen (secondary N) is 2. The molecule has 2 aromatic rings. The fourth-order valence-electron chi connectivity index (χ4n) is 3.75. The van der Waals surface area contributed by atoms with E-state index in [4.69, 9.17) is 16.4 Å². The Balaban J connectivity index is 1.53. The second-order valence-electron chi connectivity index (χ2n) is 7.65. The van der Waals surface area contributed by atoms with Crippen molar-refractivity contribution in [1.29, 1.82) is 0 Å². The first-order valence-corrected chi connectivity index (χ1v) is 10.4. The number of benzene rings is 1. The molecule has 1 aromatic carbocycles. The molecule has 2 aliphatic heterocycles. The van der Waals surface area contributed by atoms with Gasteiger partial charge in [0.15, 0.2) is 0 Å². The summed E-state index contributed by atoms with van der Waals surface area (Å²) in [5.41, 5.74) is 2.13. The molecule has 1 unspecified atom stereocenters. The Morgan fingerprint density at radius 3 is 2.88 bits per heavy atom. The van der Waals surface area contributed by atoms with E-state index < -0.39 is 18.0 Å². The monoisotopic (exact) mass is 464 g/mol. The van der Waals surface area contributed by atoms with Crippen molar-refractivity contribution in [3.8, 4) is 0 Å². The normalized spacial score (nSPS) is 18.0. The van der Waals surface area contributed by atoms with Crippen LogP contribution in [0.5, 0.6) is 0 Å². The van der Waals surface area contributed by atoms with Gasteiger partial charge in [0.25, 0.3) is 5.91 Å². The standard InChI is InChI=1S/C20H22ClFN6O4/c1-11(29)23-8-13-9-28-18(19(30)26(2)32-13)14-10-27(6-5-17(14)25-28)20(31)24-12-3-4-16(22)15(21)7-12/h3-4,7,13H,5-6,8-10H2,1-2H3,(H,23,29)(H,24,31). The van der Waals surface area contributed by atoms with Gasteiger partial charge in [-0.3, -0.25) is 19.1 Å². The molecule has 0 saturated carbocycles. The molecule has 0 bridgehead atoms. The summed E-state index contributed by atoms with van der Waals surface area (Å²) in [6.45, 7) is 2.50. The molecule has 32 heavy (non-hydrogen) atoms. The largest absolute Gasteiger partial charge is 0.354 e. The number of amides is 4. The van der Waals surface area contributed by atoms with Crippen molar-refractivity contribution in [3.05, 3.63) is 46.0 Å². The minimum absolute atomic E-state index is 0.0897. The summed E-state index contributed by atoms with van der Waals surface area (Å²) in [6, 6.07) is 3.54. The minimum Gasteiger partial charge on any atom is -0.354 e. The number of carbonyl (C=O) groups excluding carboxylic acids is 3. The predicted molar refractivity (Wildman–Crippen MR) is 112 cm³/mol. The number of halogens is 2. The van der Waals surface area contributed by atoms with Crippen LogP contribution in [-0.4, -0.2) is 63.8 Å². The third-order valence-corrected chi connectivity index (χ3v) is 5.60. The van der Waals surface area contributed by atoms with Gasteiger partial charge in [-0.25, -0.2) is 14.2 Å². The van der Waals surface area contributed by atoms with E-state index in [1.165, 1.54) is 32.2 Å². The Kier molecular flexibility index (Phi) is 6.02. The molecule has 0 radical (unpaired) electrons. The molecule has 4 rings (SSSR count). The number of carbonyl (C=O) groups is 3. The van der Waals surface area contributed by atoms with Gasteiger partial charge in [-0.15, -0.1) is 0 Å². The van der Waals surface area contributed by atoms with Crippen LogP contribution in [0.1, 0.15) is 28.7 Å². The number of hydrogen-bond donors (Lipinski definition) is 2. The lowest BCUT2D eigenvalue weighted by Gasteiger charge is -2.27. The van der Waals surface area contributed by atoms with E-state index in [0.717, 1.165) is 10.8 Å². The van der Waals surface area contributed by atoms with Gasteiger partial charge in [0, 0.05) is 44.7 Å². The Morgan fingerprint density at radius 1 is 1.38 bits per heavy atom. The van der Waals surface area contributed by atoms with E-state index >= 15 is 0 Å². The Morgan fingerprint density at radius 2 is 2.16 bits per heavy atom. The number of fused-ring (bicyclic) bond motifs is 3. The van der Waals surface area contributed by atoms with E-state index in [-0.39, 0.29) is 36.5 Å². The van der Waals surface area contributed by atoms with Crippen molar-refractivity contribution in [2.75, 3.05) is 25.5 Å². The van der Waals surface area contributed by atoms with Gasteiger partial charge in [0.2, 0.25) is 5.91 Å². The van der Waals surface area contributed by atoms with E-state index in [1.54, 1.807) is 9.58 Å². The lowest BCUT2D eigenvalue weighted by atomic mass is 10.1. The third kappa shape index (κ3) is 4.39. The van der Waals surface area contributed by atoms with Crippen molar-refractivity contribution < 1.29 is 23.6 Å². The summed E-state index contributed by atoms with van der Waals surface area (Å²) in [6.07, 6.45) is -0.000646. The molecule has 4 amide bonds. The van der Waals surface area contributed by atoms with Crippen LogP contribution in [0.4, 0.5) is 14.9 Å². The van der Waals surface area contributed by atoms with Gasteiger partial charge in [-0.2, -0.15) is 5.10 Å². The van der Waals surface area contributed by atoms with Crippen molar-refractivity contribution in [1.82, 2.24) is 25.1 Å². The summed E-state index contributed by atoms with van der Waals surface area (Å²) in [5.74, 6) is -1.15. The molecule has 0 fully saturated rings. The van der Waals surface area contributed by atoms with Crippen molar-refractivity contribution in [2.45, 2.75) is 32.5 Å². The van der Waals surface area contributed by atoms with Crippen LogP contribution in [0.3, 0.4) is 0 Å². The maximum atomic E-state index is 13.4. The molecule has 12 heteroatoms. The highest BCUT2D eigenvalue weighted by Crippen LogP contribution is 2.27. The molecule has 0 spiro atoms. The SMILES string of the molecule is CC(=O)NCC1Cn2nc3c(c2C(=O)N(C)O1)CN(C(=O)Nc1ccc(F)c(Cl)c1)CC3. The quantitative estimate of drug-likeness (QED) is 0.719. The molecule has 2 N–H and O–H groups in total. The van der Waals surface area contributed by atoms with Gasteiger partial charge in [0.1, 0.15) is 17.6 Å². The van der Waals surface area contributed by atoms with Gasteiger partial charge in [-0.1, -0.05) is 11.6 Å². The Bertz CT molecular complexity index is 1090.